The SMILES string of the molecule is CCNc1nc(Nc2cc(C#N)cc(N3C[C@@H]4C[C@H]3CN4C)c2Cl)nn2c(C#N)cnc12. The van der Waals surface area contributed by atoms with E-state index in [0.29, 0.717) is 52.1 Å². The number of benzene rings is 1. The molecule has 5 rings (SSSR count). The van der Waals surface area contributed by atoms with Crippen LogP contribution in [0.1, 0.15) is 24.6 Å². The number of nitriles is 2. The highest BCUT2D eigenvalue weighted by atomic mass is 35.5. The van der Waals surface area contributed by atoms with E-state index in [1.54, 1.807) is 6.07 Å². The van der Waals surface area contributed by atoms with Gasteiger partial charge in [-0.3, -0.25) is 4.90 Å². The Kier molecular flexibility index (Phi) is 4.97. The molecule has 2 atom stereocenters. The number of hydrogen-bond acceptors (Lipinski definition) is 9. The first kappa shape index (κ1) is 20.3. The van der Waals surface area contributed by atoms with Crippen LogP contribution in [0.5, 0.6) is 0 Å². The zero-order valence-electron chi connectivity index (χ0n) is 17.7. The highest BCUT2D eigenvalue weighted by Crippen LogP contribution is 2.41. The summed E-state index contributed by atoms with van der Waals surface area (Å²) in [5, 5.41) is 30.2. The molecule has 0 amide bonds. The molecular weight excluding hydrogens is 428 g/mol. The van der Waals surface area contributed by atoms with E-state index in [-0.39, 0.29) is 5.95 Å². The lowest BCUT2D eigenvalue weighted by Gasteiger charge is -2.34. The Hall–Kier alpha value is -3.60. The Morgan fingerprint density at radius 3 is 2.72 bits per heavy atom. The standard InChI is InChI=1S/C21H21ClN10/c1-3-25-19-20-26-9-15(8-24)32(20)29-21(28-19)27-16-4-12(7-23)5-17(18(16)22)31-11-13-6-14(31)10-30(13)2/h4-5,9,13-14H,3,6,10-11H2,1-2H3,(H2,25,27,28,29)/t13-,14-/m0/s1. The first-order valence-corrected chi connectivity index (χ1v) is 10.8. The molecule has 0 saturated carbocycles. The molecule has 32 heavy (non-hydrogen) atoms. The number of halogens is 1. The molecular formula is C21H21ClN10. The van der Waals surface area contributed by atoms with Gasteiger partial charge >= 0.3 is 0 Å². The highest BCUT2D eigenvalue weighted by molar-refractivity contribution is 6.36. The number of hydrogen-bond donors (Lipinski definition) is 2. The van der Waals surface area contributed by atoms with Crippen molar-refractivity contribution in [2.75, 3.05) is 42.2 Å². The Balaban J connectivity index is 1.55. The van der Waals surface area contributed by atoms with Crippen molar-refractivity contribution in [3.8, 4) is 12.1 Å². The fourth-order valence-electron chi connectivity index (χ4n) is 4.55. The first-order valence-electron chi connectivity index (χ1n) is 10.4. The minimum Gasteiger partial charge on any atom is -0.367 e. The quantitative estimate of drug-likeness (QED) is 0.606. The van der Waals surface area contributed by atoms with Crippen LogP contribution in [0, 0.1) is 22.7 Å². The molecule has 2 aliphatic rings. The van der Waals surface area contributed by atoms with E-state index in [0.717, 1.165) is 25.2 Å². The monoisotopic (exact) mass is 448 g/mol. The molecule has 3 aromatic rings. The number of piperazine rings is 1. The van der Waals surface area contributed by atoms with Gasteiger partial charge in [-0.25, -0.2) is 4.98 Å². The summed E-state index contributed by atoms with van der Waals surface area (Å²) < 4.78 is 1.44. The first-order chi connectivity index (χ1) is 15.5. The third-order valence-electron chi connectivity index (χ3n) is 6.07. The van der Waals surface area contributed by atoms with Crippen molar-refractivity contribution in [3.63, 3.8) is 0 Å². The van der Waals surface area contributed by atoms with E-state index >= 15 is 0 Å². The zero-order chi connectivity index (χ0) is 22.4. The Labute approximate surface area is 190 Å². The van der Waals surface area contributed by atoms with Gasteiger partial charge in [0, 0.05) is 31.7 Å². The van der Waals surface area contributed by atoms with Gasteiger partial charge < -0.3 is 15.5 Å². The molecule has 2 fully saturated rings. The normalized spacial score (nSPS) is 19.8. The highest BCUT2D eigenvalue weighted by Gasteiger charge is 2.42. The van der Waals surface area contributed by atoms with Gasteiger partial charge in [0.1, 0.15) is 6.07 Å². The number of likely N-dealkylation sites (N-methyl/N-ethyl adjacent to an activating group) is 1. The Bertz CT molecular complexity index is 1280. The summed E-state index contributed by atoms with van der Waals surface area (Å²) in [4.78, 5) is 13.4. The van der Waals surface area contributed by atoms with Crippen LogP contribution < -0.4 is 15.5 Å². The minimum absolute atomic E-state index is 0.244. The van der Waals surface area contributed by atoms with Crippen LogP contribution in [0.25, 0.3) is 5.65 Å². The number of anilines is 4. The number of aromatic nitrogens is 4. The zero-order valence-corrected chi connectivity index (χ0v) is 18.4. The summed E-state index contributed by atoms with van der Waals surface area (Å²) in [7, 11) is 2.14. The van der Waals surface area contributed by atoms with Crippen molar-refractivity contribution < 1.29 is 0 Å². The molecule has 2 aliphatic heterocycles. The van der Waals surface area contributed by atoms with Crippen molar-refractivity contribution in [2.24, 2.45) is 0 Å². The maximum atomic E-state index is 9.62. The number of nitrogens with one attached hydrogen (secondary N) is 2. The number of rotatable bonds is 5. The minimum atomic E-state index is 0.244. The molecule has 0 aliphatic carbocycles. The molecule has 0 radical (unpaired) electrons. The predicted molar refractivity (Wildman–Crippen MR) is 121 cm³/mol. The maximum Gasteiger partial charge on any atom is 0.247 e. The van der Waals surface area contributed by atoms with E-state index in [2.05, 4.69) is 54.7 Å². The Morgan fingerprint density at radius 1 is 1.22 bits per heavy atom. The molecule has 2 N–H and O–H groups in total. The molecule has 0 unspecified atom stereocenters. The summed E-state index contributed by atoms with van der Waals surface area (Å²) in [5.41, 5.74) is 2.62. The summed E-state index contributed by atoms with van der Waals surface area (Å²) >= 11 is 6.83. The lowest BCUT2D eigenvalue weighted by atomic mass is 10.1. The van der Waals surface area contributed by atoms with Gasteiger partial charge in [0.25, 0.3) is 0 Å². The van der Waals surface area contributed by atoms with E-state index in [1.165, 1.54) is 10.7 Å². The number of fused-ring (bicyclic) bond motifs is 3. The van der Waals surface area contributed by atoms with Crippen LogP contribution in [0.4, 0.5) is 23.1 Å². The van der Waals surface area contributed by atoms with Crippen LogP contribution in [-0.4, -0.2) is 63.2 Å². The fraction of sp³-hybridized carbons (Fsp3) is 0.381. The van der Waals surface area contributed by atoms with Gasteiger partial charge in [-0.2, -0.15) is 20.0 Å². The van der Waals surface area contributed by atoms with Crippen molar-refractivity contribution in [3.05, 3.63) is 34.6 Å². The third-order valence-corrected chi connectivity index (χ3v) is 6.47. The largest absolute Gasteiger partial charge is 0.367 e. The van der Waals surface area contributed by atoms with Crippen LogP contribution in [-0.2, 0) is 0 Å². The summed E-state index contributed by atoms with van der Waals surface area (Å²) in [6.45, 7) is 4.43. The van der Waals surface area contributed by atoms with Gasteiger partial charge in [0.15, 0.2) is 17.2 Å². The van der Waals surface area contributed by atoms with Gasteiger partial charge in [-0.05, 0) is 32.5 Å². The van der Waals surface area contributed by atoms with Crippen molar-refractivity contribution in [2.45, 2.75) is 25.4 Å². The molecule has 2 bridgehead atoms. The fourth-order valence-corrected chi connectivity index (χ4v) is 4.82. The molecule has 11 heteroatoms. The second-order valence-electron chi connectivity index (χ2n) is 8.03. The van der Waals surface area contributed by atoms with E-state index in [1.807, 2.05) is 13.0 Å². The van der Waals surface area contributed by atoms with E-state index in [4.69, 9.17) is 11.6 Å². The van der Waals surface area contributed by atoms with Crippen LogP contribution in [0.15, 0.2) is 18.3 Å². The van der Waals surface area contributed by atoms with Crippen molar-refractivity contribution in [1.82, 2.24) is 24.5 Å². The maximum absolute atomic E-state index is 9.62. The van der Waals surface area contributed by atoms with Gasteiger partial charge in [-0.15, -0.1) is 5.10 Å². The van der Waals surface area contributed by atoms with Crippen LogP contribution in [0.3, 0.4) is 0 Å². The number of likely N-dealkylation sites (tertiary alicyclic amines) is 1. The lowest BCUT2D eigenvalue weighted by molar-refractivity contribution is 0.292. The van der Waals surface area contributed by atoms with E-state index < -0.39 is 0 Å². The average Bonchev–Trinajstić information content (AvgIpc) is 3.49. The van der Waals surface area contributed by atoms with E-state index in [9.17, 15) is 10.5 Å². The molecule has 162 valence electrons. The predicted octanol–water partition coefficient (Wildman–Crippen LogP) is 2.59. The molecule has 2 saturated heterocycles. The summed E-state index contributed by atoms with van der Waals surface area (Å²) in [6.07, 6.45) is 2.55. The summed E-state index contributed by atoms with van der Waals surface area (Å²) in [6, 6.07) is 8.70. The molecule has 4 heterocycles. The molecule has 0 spiro atoms. The van der Waals surface area contributed by atoms with Crippen molar-refractivity contribution >= 4 is 40.4 Å². The number of nitrogens with zero attached hydrogens (tertiary/aromatic N) is 8. The molecule has 10 nitrogen and oxygen atoms in total. The average molecular weight is 449 g/mol. The summed E-state index contributed by atoms with van der Waals surface area (Å²) in [5.74, 6) is 0.743. The lowest BCUT2D eigenvalue weighted by Crippen LogP contribution is -2.44. The molecule has 1 aromatic carbocycles. The van der Waals surface area contributed by atoms with Gasteiger partial charge in [-0.1, -0.05) is 11.6 Å². The van der Waals surface area contributed by atoms with Gasteiger partial charge in [0.2, 0.25) is 5.95 Å². The van der Waals surface area contributed by atoms with Crippen LogP contribution in [0.2, 0.25) is 5.02 Å². The molecule has 2 aromatic heterocycles. The third kappa shape index (κ3) is 3.25. The smallest absolute Gasteiger partial charge is 0.247 e. The number of imidazole rings is 1. The van der Waals surface area contributed by atoms with Crippen LogP contribution >= 0.6 is 11.6 Å². The topological polar surface area (TPSA) is 121 Å². The second-order valence-corrected chi connectivity index (χ2v) is 8.41. The Morgan fingerprint density at radius 2 is 2.06 bits per heavy atom. The van der Waals surface area contributed by atoms with Crippen molar-refractivity contribution in [1.29, 1.82) is 10.5 Å². The second kappa shape index (κ2) is 7.83. The van der Waals surface area contributed by atoms with Gasteiger partial charge in [0.05, 0.1) is 34.2 Å².